The highest BCUT2D eigenvalue weighted by Gasteiger charge is 2.30. The number of anilines is 2. The SMILES string of the molecule is C.CC(=O)Nc1ncc(CCl)s1.CC(=O)Nc1ncc(CN2CC(c3ncc(F)cn3)C2)s1.Fc1cnc(C2CNC2)nc1. The average Bonchev–Trinajstić information content (AvgIpc) is 3.56. The predicted molar refractivity (Wildman–Crippen MR) is 167 cm³/mol. The van der Waals surface area contributed by atoms with Gasteiger partial charge in [0.05, 0.1) is 30.7 Å². The van der Waals surface area contributed by atoms with Gasteiger partial charge in [-0.2, -0.15) is 0 Å². The number of nitrogens with one attached hydrogen (secondary N) is 3. The van der Waals surface area contributed by atoms with Gasteiger partial charge in [0.15, 0.2) is 21.9 Å². The quantitative estimate of drug-likeness (QED) is 0.242. The lowest BCUT2D eigenvalue weighted by Gasteiger charge is -2.37. The topological polar surface area (TPSA) is 151 Å². The largest absolute Gasteiger partial charge is 0.315 e. The van der Waals surface area contributed by atoms with Crippen LogP contribution in [0.1, 0.15) is 54.5 Å². The highest BCUT2D eigenvalue weighted by molar-refractivity contribution is 7.16. The van der Waals surface area contributed by atoms with Gasteiger partial charge in [0.1, 0.15) is 11.6 Å². The van der Waals surface area contributed by atoms with Gasteiger partial charge in [-0.05, 0) is 0 Å². The minimum atomic E-state index is -0.412. The van der Waals surface area contributed by atoms with E-state index in [9.17, 15) is 18.4 Å². The fourth-order valence-electron chi connectivity index (χ4n) is 3.79. The molecule has 4 aromatic heterocycles. The lowest BCUT2D eigenvalue weighted by atomic mass is 9.99. The number of carbonyl (C=O) groups excluding carboxylic acids is 2. The van der Waals surface area contributed by atoms with Crippen molar-refractivity contribution in [2.75, 3.05) is 36.8 Å². The first-order valence-corrected chi connectivity index (χ1v) is 15.2. The van der Waals surface area contributed by atoms with Crippen molar-refractivity contribution < 1.29 is 18.4 Å². The minimum Gasteiger partial charge on any atom is -0.315 e. The van der Waals surface area contributed by atoms with E-state index in [2.05, 4.69) is 50.8 Å². The summed E-state index contributed by atoms with van der Waals surface area (Å²) in [5.41, 5.74) is 0. The molecule has 44 heavy (non-hydrogen) atoms. The number of hydrogen-bond acceptors (Lipinski definition) is 12. The predicted octanol–water partition coefficient (Wildman–Crippen LogP) is 4.41. The molecule has 6 heterocycles. The summed E-state index contributed by atoms with van der Waals surface area (Å²) in [5, 5.41) is 9.57. The molecule has 0 bridgehead atoms. The van der Waals surface area contributed by atoms with E-state index in [4.69, 9.17) is 11.6 Å². The van der Waals surface area contributed by atoms with Gasteiger partial charge in [0.25, 0.3) is 0 Å². The van der Waals surface area contributed by atoms with Crippen molar-refractivity contribution in [3.05, 3.63) is 70.2 Å². The lowest BCUT2D eigenvalue weighted by Crippen LogP contribution is -2.44. The molecule has 236 valence electrons. The molecule has 0 unspecified atom stereocenters. The van der Waals surface area contributed by atoms with E-state index in [1.807, 2.05) is 0 Å². The zero-order valence-corrected chi connectivity index (χ0v) is 25.6. The van der Waals surface area contributed by atoms with Gasteiger partial charge in [-0.15, -0.1) is 34.3 Å². The van der Waals surface area contributed by atoms with E-state index in [0.717, 1.165) is 48.3 Å². The standard InChI is InChI=1S/C13H14FN5OS.C7H8FN3.C6H7ClN2OS.CH4/c1-8(20)18-13-17-4-11(21-13)7-19-5-9(6-19)12-15-2-10(14)3-16-12;8-6-3-10-7(11-4-6)5-1-9-2-5;1-4(10)9-6-8-3-5(2-7)11-6;/h2-4,9H,5-7H2,1H3,(H,17,18,20);3-5,9H,1-2H2;3H,2H2,1H3,(H,8,9,10);1H4. The van der Waals surface area contributed by atoms with Gasteiger partial charge in [0.2, 0.25) is 11.8 Å². The van der Waals surface area contributed by atoms with Gasteiger partial charge in [0, 0.05) is 80.6 Å². The highest BCUT2D eigenvalue weighted by atomic mass is 35.5. The molecule has 3 N–H and O–H groups in total. The number of carbonyl (C=O) groups is 2. The number of alkyl halides is 1. The van der Waals surface area contributed by atoms with Crippen LogP contribution in [0.3, 0.4) is 0 Å². The third-order valence-corrected chi connectivity index (χ3v) is 8.19. The van der Waals surface area contributed by atoms with Gasteiger partial charge in [-0.25, -0.2) is 38.7 Å². The normalized spacial score (nSPS) is 14.4. The molecule has 12 nitrogen and oxygen atoms in total. The maximum atomic E-state index is 12.8. The molecule has 0 spiro atoms. The minimum absolute atomic E-state index is 0. The van der Waals surface area contributed by atoms with Crippen LogP contribution in [0.15, 0.2) is 37.2 Å². The summed E-state index contributed by atoms with van der Waals surface area (Å²) in [7, 11) is 0. The Morgan fingerprint density at radius 3 is 1.68 bits per heavy atom. The van der Waals surface area contributed by atoms with Gasteiger partial charge in [-0.3, -0.25) is 14.5 Å². The highest BCUT2D eigenvalue weighted by Crippen LogP contribution is 2.28. The van der Waals surface area contributed by atoms with Crippen molar-refractivity contribution in [1.29, 1.82) is 0 Å². The number of rotatable bonds is 7. The summed E-state index contributed by atoms with van der Waals surface area (Å²) in [6, 6.07) is 0. The summed E-state index contributed by atoms with van der Waals surface area (Å²) in [4.78, 5) is 49.6. The van der Waals surface area contributed by atoms with E-state index in [1.54, 1.807) is 12.4 Å². The van der Waals surface area contributed by atoms with Crippen molar-refractivity contribution in [1.82, 2.24) is 40.1 Å². The van der Waals surface area contributed by atoms with Gasteiger partial charge < -0.3 is 16.0 Å². The number of hydrogen-bond donors (Lipinski definition) is 3. The van der Waals surface area contributed by atoms with Crippen LogP contribution in [-0.4, -0.2) is 72.8 Å². The number of thiazole rings is 2. The fraction of sp³-hybridized carbons (Fsp3) is 0.407. The molecule has 17 heteroatoms. The molecular formula is C27H33ClF2N10O2S2. The number of halogens is 3. The Bertz CT molecular complexity index is 1480. The first-order chi connectivity index (χ1) is 20.7. The van der Waals surface area contributed by atoms with Crippen LogP contribution in [0.5, 0.6) is 0 Å². The summed E-state index contributed by atoms with van der Waals surface area (Å²) in [6.07, 6.45) is 8.25. The molecule has 6 rings (SSSR count). The van der Waals surface area contributed by atoms with Crippen LogP contribution in [0.2, 0.25) is 0 Å². The summed E-state index contributed by atoms with van der Waals surface area (Å²) in [6.45, 7) is 7.20. The third kappa shape index (κ3) is 10.9. The molecule has 0 aliphatic carbocycles. The molecular weight excluding hydrogens is 634 g/mol. The Morgan fingerprint density at radius 1 is 0.818 bits per heavy atom. The molecule has 2 fully saturated rings. The molecule has 0 atom stereocenters. The second-order valence-electron chi connectivity index (χ2n) is 9.52. The number of likely N-dealkylation sites (tertiary alicyclic amines) is 1. The van der Waals surface area contributed by atoms with Crippen molar-refractivity contribution in [2.45, 2.75) is 45.5 Å². The van der Waals surface area contributed by atoms with Crippen LogP contribution in [-0.2, 0) is 22.0 Å². The number of amides is 2. The summed E-state index contributed by atoms with van der Waals surface area (Å²) in [5.74, 6) is 1.50. The molecule has 2 amide bonds. The van der Waals surface area contributed by atoms with Crippen LogP contribution < -0.4 is 16.0 Å². The average molecular weight is 667 g/mol. The van der Waals surface area contributed by atoms with Crippen LogP contribution in [0, 0.1) is 11.6 Å². The Kier molecular flexibility index (Phi) is 13.5. The molecule has 4 aromatic rings. The third-order valence-electron chi connectivity index (χ3n) is 5.93. The van der Waals surface area contributed by atoms with Gasteiger partial charge in [-0.1, -0.05) is 7.43 Å². The molecule has 0 saturated carbocycles. The van der Waals surface area contributed by atoms with E-state index in [1.165, 1.54) is 61.3 Å². The van der Waals surface area contributed by atoms with Crippen LogP contribution in [0.25, 0.3) is 0 Å². The zero-order chi connectivity index (χ0) is 30.8. The van der Waals surface area contributed by atoms with Crippen molar-refractivity contribution >= 4 is 56.4 Å². The molecule has 0 aromatic carbocycles. The van der Waals surface area contributed by atoms with E-state index in [-0.39, 0.29) is 31.0 Å². The Morgan fingerprint density at radius 2 is 1.27 bits per heavy atom. The van der Waals surface area contributed by atoms with E-state index < -0.39 is 5.82 Å². The van der Waals surface area contributed by atoms with Crippen LogP contribution >= 0.6 is 34.3 Å². The molecule has 2 saturated heterocycles. The number of nitrogens with zero attached hydrogens (tertiary/aromatic N) is 7. The first-order valence-electron chi connectivity index (χ1n) is 13.1. The summed E-state index contributed by atoms with van der Waals surface area (Å²) >= 11 is 8.39. The fourth-order valence-corrected chi connectivity index (χ4v) is 5.63. The van der Waals surface area contributed by atoms with Crippen molar-refractivity contribution in [3.63, 3.8) is 0 Å². The summed E-state index contributed by atoms with van der Waals surface area (Å²) < 4.78 is 25.1. The maximum absolute atomic E-state index is 12.8. The van der Waals surface area contributed by atoms with E-state index >= 15 is 0 Å². The second kappa shape index (κ2) is 17.1. The molecule has 2 aliphatic rings. The van der Waals surface area contributed by atoms with Gasteiger partial charge >= 0.3 is 0 Å². The van der Waals surface area contributed by atoms with E-state index in [0.29, 0.717) is 27.9 Å². The maximum Gasteiger partial charge on any atom is 0.223 e. The van der Waals surface area contributed by atoms with Crippen LogP contribution in [0.4, 0.5) is 19.0 Å². The lowest BCUT2D eigenvalue weighted by molar-refractivity contribution is -0.115. The smallest absolute Gasteiger partial charge is 0.223 e. The molecule has 2 aliphatic heterocycles. The molecule has 0 radical (unpaired) electrons. The second-order valence-corrected chi connectivity index (χ2v) is 12.0. The Hall–Kier alpha value is -3.57. The monoisotopic (exact) mass is 666 g/mol. The Balaban J connectivity index is 0.000000195. The Labute approximate surface area is 266 Å². The van der Waals surface area contributed by atoms with Crippen molar-refractivity contribution in [2.24, 2.45) is 0 Å². The number of aromatic nitrogens is 6. The van der Waals surface area contributed by atoms with Crippen molar-refractivity contribution in [3.8, 4) is 0 Å². The first kappa shape index (κ1) is 34.9. The zero-order valence-electron chi connectivity index (χ0n) is 23.3.